The molecule has 0 bridgehead atoms. The molecule has 0 fully saturated rings. The van der Waals surface area contributed by atoms with E-state index in [1.165, 1.54) is 0 Å². The molecule has 14 heavy (non-hydrogen) atoms. The maximum atomic E-state index is 5.67. The summed E-state index contributed by atoms with van der Waals surface area (Å²) in [5.41, 5.74) is 5.67. The summed E-state index contributed by atoms with van der Waals surface area (Å²) in [6.45, 7) is 3.29. The van der Waals surface area contributed by atoms with E-state index in [0.29, 0.717) is 6.54 Å². The normalized spacial score (nSPS) is 13.1. The van der Waals surface area contributed by atoms with Crippen LogP contribution >= 0.6 is 11.8 Å². The lowest BCUT2D eigenvalue weighted by atomic mass is 10.3. The Morgan fingerprint density at radius 1 is 1.57 bits per heavy atom. The van der Waals surface area contributed by atoms with Gasteiger partial charge in [-0.15, -0.1) is 11.8 Å². The highest BCUT2D eigenvalue weighted by atomic mass is 32.2. The highest BCUT2D eigenvalue weighted by Crippen LogP contribution is 2.28. The number of hydrogen-bond donors (Lipinski definition) is 1. The van der Waals surface area contributed by atoms with Crippen molar-refractivity contribution in [1.29, 1.82) is 0 Å². The molecule has 1 heterocycles. The van der Waals surface area contributed by atoms with Gasteiger partial charge in [-0.05, 0) is 19.1 Å². The molecule has 0 aliphatic rings. The second-order valence-electron chi connectivity index (χ2n) is 3.04. The van der Waals surface area contributed by atoms with Crippen molar-refractivity contribution in [1.82, 2.24) is 0 Å². The molecule has 4 heteroatoms. The molecule has 3 nitrogen and oxygen atoms in total. The van der Waals surface area contributed by atoms with Crippen LogP contribution in [0.15, 0.2) is 16.5 Å². The minimum absolute atomic E-state index is 0.249. The smallest absolute Gasteiger partial charge is 0.118 e. The molecule has 0 aliphatic carbocycles. The van der Waals surface area contributed by atoms with Crippen molar-refractivity contribution in [3.05, 3.63) is 23.7 Å². The van der Waals surface area contributed by atoms with Crippen LogP contribution < -0.4 is 5.73 Å². The lowest BCUT2D eigenvalue weighted by Gasteiger charge is -2.10. The van der Waals surface area contributed by atoms with Gasteiger partial charge in [-0.1, -0.05) is 0 Å². The van der Waals surface area contributed by atoms with Crippen LogP contribution in [0.4, 0.5) is 0 Å². The highest BCUT2D eigenvalue weighted by molar-refractivity contribution is 7.99. The van der Waals surface area contributed by atoms with E-state index in [2.05, 4.69) is 0 Å². The number of thioether (sulfide) groups is 1. The quantitative estimate of drug-likeness (QED) is 0.737. The van der Waals surface area contributed by atoms with Gasteiger partial charge in [-0.2, -0.15) is 0 Å². The third-order valence-corrected chi connectivity index (χ3v) is 3.13. The van der Waals surface area contributed by atoms with E-state index in [4.69, 9.17) is 14.9 Å². The first kappa shape index (κ1) is 11.6. The maximum absolute atomic E-state index is 5.67. The zero-order chi connectivity index (χ0) is 10.4. The maximum Gasteiger partial charge on any atom is 0.118 e. The molecule has 0 aliphatic heterocycles. The van der Waals surface area contributed by atoms with Gasteiger partial charge < -0.3 is 14.9 Å². The van der Waals surface area contributed by atoms with Gasteiger partial charge in [-0.25, -0.2) is 0 Å². The minimum atomic E-state index is 0.249. The first-order valence-corrected chi connectivity index (χ1v) is 5.69. The van der Waals surface area contributed by atoms with Crippen LogP contribution in [0.3, 0.4) is 0 Å². The monoisotopic (exact) mass is 215 g/mol. The second-order valence-corrected chi connectivity index (χ2v) is 4.35. The highest BCUT2D eigenvalue weighted by Gasteiger charge is 2.13. The topological polar surface area (TPSA) is 48.4 Å². The summed E-state index contributed by atoms with van der Waals surface area (Å²) in [5.74, 6) is 2.84. The third kappa shape index (κ3) is 3.36. The molecule has 2 N–H and O–H groups in total. The van der Waals surface area contributed by atoms with Gasteiger partial charge in [0.15, 0.2) is 0 Å². The van der Waals surface area contributed by atoms with Crippen LogP contribution in [0.25, 0.3) is 0 Å². The van der Waals surface area contributed by atoms with Crippen LogP contribution in [0.5, 0.6) is 0 Å². The van der Waals surface area contributed by atoms with Crippen molar-refractivity contribution < 1.29 is 9.15 Å². The van der Waals surface area contributed by atoms with Crippen molar-refractivity contribution in [2.45, 2.75) is 12.2 Å². The van der Waals surface area contributed by atoms with Crippen molar-refractivity contribution >= 4 is 11.8 Å². The number of ether oxygens (including phenoxy) is 1. The zero-order valence-electron chi connectivity index (χ0n) is 8.66. The average Bonchev–Trinajstić information content (AvgIpc) is 2.60. The standard InChI is InChI=1S/C10H17NO2S/c1-8-3-4-9(13-8)10(7-11)14-6-5-12-2/h3-4,10H,5-7,11H2,1-2H3. The molecule has 1 rings (SSSR count). The fourth-order valence-corrected chi connectivity index (χ4v) is 2.14. The molecular weight excluding hydrogens is 198 g/mol. The summed E-state index contributed by atoms with van der Waals surface area (Å²) in [7, 11) is 1.70. The molecule has 0 spiro atoms. The molecule has 0 aromatic carbocycles. The Bertz CT molecular complexity index is 262. The Balaban J connectivity index is 2.45. The van der Waals surface area contributed by atoms with Gasteiger partial charge in [0.25, 0.3) is 0 Å². The summed E-state index contributed by atoms with van der Waals surface area (Å²) in [4.78, 5) is 0. The van der Waals surface area contributed by atoms with Gasteiger partial charge >= 0.3 is 0 Å². The molecule has 0 saturated heterocycles. The van der Waals surface area contributed by atoms with Crippen molar-refractivity contribution in [3.63, 3.8) is 0 Å². The Kier molecular flexibility index (Phi) is 5.07. The fourth-order valence-electron chi connectivity index (χ4n) is 1.17. The lowest BCUT2D eigenvalue weighted by molar-refractivity contribution is 0.218. The number of rotatable bonds is 6. The largest absolute Gasteiger partial charge is 0.465 e. The lowest BCUT2D eigenvalue weighted by Crippen LogP contribution is -2.10. The molecule has 1 aromatic heterocycles. The van der Waals surface area contributed by atoms with E-state index < -0.39 is 0 Å². The van der Waals surface area contributed by atoms with Crippen molar-refractivity contribution in [2.24, 2.45) is 5.73 Å². The van der Waals surface area contributed by atoms with Crippen LogP contribution in [0, 0.1) is 6.92 Å². The van der Waals surface area contributed by atoms with E-state index >= 15 is 0 Å². The summed E-state index contributed by atoms with van der Waals surface area (Å²) in [5, 5.41) is 0.249. The molecule has 1 unspecified atom stereocenters. The molecule has 1 atom stereocenters. The fraction of sp³-hybridized carbons (Fsp3) is 0.600. The Morgan fingerprint density at radius 2 is 2.36 bits per heavy atom. The van der Waals surface area contributed by atoms with E-state index in [1.54, 1.807) is 18.9 Å². The first-order valence-electron chi connectivity index (χ1n) is 4.65. The second kappa shape index (κ2) is 6.11. The van der Waals surface area contributed by atoms with Crippen LogP contribution in [0.1, 0.15) is 16.8 Å². The van der Waals surface area contributed by atoms with E-state index in [0.717, 1.165) is 23.9 Å². The molecule has 0 amide bonds. The Labute approximate surface area is 89.0 Å². The van der Waals surface area contributed by atoms with Crippen molar-refractivity contribution in [3.8, 4) is 0 Å². The Morgan fingerprint density at radius 3 is 2.86 bits per heavy atom. The van der Waals surface area contributed by atoms with Gasteiger partial charge in [0, 0.05) is 19.4 Å². The summed E-state index contributed by atoms with van der Waals surface area (Å²) < 4.78 is 10.5. The number of nitrogens with two attached hydrogens (primary N) is 1. The average molecular weight is 215 g/mol. The first-order chi connectivity index (χ1) is 6.77. The Hall–Kier alpha value is -0.450. The summed E-state index contributed by atoms with van der Waals surface area (Å²) >= 11 is 1.77. The van der Waals surface area contributed by atoms with E-state index in [1.807, 2.05) is 19.1 Å². The third-order valence-electron chi connectivity index (χ3n) is 1.90. The predicted molar refractivity (Wildman–Crippen MR) is 59.6 cm³/mol. The molecular formula is C10H17NO2S. The van der Waals surface area contributed by atoms with Crippen molar-refractivity contribution in [2.75, 3.05) is 26.0 Å². The molecule has 0 saturated carbocycles. The number of aryl methyl sites for hydroxylation is 1. The van der Waals surface area contributed by atoms with Crippen LogP contribution in [0.2, 0.25) is 0 Å². The van der Waals surface area contributed by atoms with Gasteiger partial charge in [0.1, 0.15) is 11.5 Å². The summed E-state index contributed by atoms with van der Waals surface area (Å²) in [6, 6.07) is 3.96. The van der Waals surface area contributed by atoms with Gasteiger partial charge in [0.05, 0.1) is 11.9 Å². The van der Waals surface area contributed by atoms with Crippen LogP contribution in [-0.2, 0) is 4.74 Å². The molecule has 80 valence electrons. The van der Waals surface area contributed by atoms with E-state index in [9.17, 15) is 0 Å². The van der Waals surface area contributed by atoms with E-state index in [-0.39, 0.29) is 5.25 Å². The SMILES string of the molecule is COCCSC(CN)c1ccc(C)o1. The number of furan rings is 1. The van der Waals surface area contributed by atoms with Gasteiger partial charge in [-0.3, -0.25) is 0 Å². The minimum Gasteiger partial charge on any atom is -0.465 e. The zero-order valence-corrected chi connectivity index (χ0v) is 9.47. The number of methoxy groups -OCH3 is 1. The molecule has 1 aromatic rings. The number of hydrogen-bond acceptors (Lipinski definition) is 4. The van der Waals surface area contributed by atoms with Crippen LogP contribution in [-0.4, -0.2) is 26.0 Å². The summed E-state index contributed by atoms with van der Waals surface area (Å²) in [6.07, 6.45) is 0. The molecule has 0 radical (unpaired) electrons. The van der Waals surface area contributed by atoms with Gasteiger partial charge in [0.2, 0.25) is 0 Å². The predicted octanol–water partition coefficient (Wildman–Crippen LogP) is 1.97.